The Bertz CT molecular complexity index is 711. The Morgan fingerprint density at radius 3 is 2.68 bits per heavy atom. The second-order valence-corrected chi connectivity index (χ2v) is 7.68. The topological polar surface area (TPSA) is 61.4 Å². The first-order valence-corrected chi connectivity index (χ1v) is 9.77. The zero-order chi connectivity index (χ0) is 17.1. The Hall–Kier alpha value is -2.15. The molecule has 1 aromatic heterocycles. The summed E-state index contributed by atoms with van der Waals surface area (Å²) >= 11 is 1.68. The third kappa shape index (κ3) is 3.76. The average Bonchev–Trinajstić information content (AvgIpc) is 3.12. The maximum Gasteiger partial charge on any atom is 0.317 e. The summed E-state index contributed by atoms with van der Waals surface area (Å²) in [4.78, 5) is 16.3. The maximum absolute atomic E-state index is 12.0. The first kappa shape index (κ1) is 16.3. The summed E-state index contributed by atoms with van der Waals surface area (Å²) in [5.74, 6) is 0. The van der Waals surface area contributed by atoms with Crippen LogP contribution in [0.4, 0.5) is 9.93 Å². The van der Waals surface area contributed by atoms with Gasteiger partial charge in [-0.05, 0) is 24.8 Å². The van der Waals surface area contributed by atoms with Crippen LogP contribution in [0.5, 0.6) is 0 Å². The van der Waals surface area contributed by atoms with E-state index in [0.29, 0.717) is 6.04 Å². The van der Waals surface area contributed by atoms with Crippen molar-refractivity contribution >= 4 is 22.5 Å². The summed E-state index contributed by atoms with van der Waals surface area (Å²) in [5, 5.41) is 13.8. The van der Waals surface area contributed by atoms with E-state index >= 15 is 0 Å². The molecule has 132 valence electrons. The van der Waals surface area contributed by atoms with Crippen LogP contribution < -0.4 is 10.2 Å². The number of nitrogens with zero attached hydrogens (tertiary/aromatic N) is 4. The van der Waals surface area contributed by atoms with Crippen molar-refractivity contribution in [1.82, 2.24) is 20.4 Å². The standard InChI is InChI=1S/C18H23N5OS/c24-17-19-9-4-10-23(17)15-7-11-22(12-8-15)18-21-20-16(25-18)13-14-5-2-1-3-6-14/h1-3,5-6,15H,4,7-13H2,(H,19,24). The molecular formula is C18H23N5OS. The molecule has 7 heteroatoms. The number of amides is 2. The van der Waals surface area contributed by atoms with Gasteiger partial charge in [-0.25, -0.2) is 4.79 Å². The molecule has 2 aliphatic rings. The lowest BCUT2D eigenvalue weighted by molar-refractivity contribution is 0.149. The van der Waals surface area contributed by atoms with Crippen LogP contribution in [0.1, 0.15) is 29.8 Å². The van der Waals surface area contributed by atoms with Crippen molar-refractivity contribution in [3.63, 3.8) is 0 Å². The van der Waals surface area contributed by atoms with Gasteiger partial charge in [0.25, 0.3) is 0 Å². The van der Waals surface area contributed by atoms with Crippen molar-refractivity contribution in [2.24, 2.45) is 0 Å². The molecule has 0 bridgehead atoms. The molecule has 6 nitrogen and oxygen atoms in total. The Kier molecular flexibility index (Phi) is 4.83. The Morgan fingerprint density at radius 1 is 1.12 bits per heavy atom. The van der Waals surface area contributed by atoms with Crippen molar-refractivity contribution < 1.29 is 4.79 Å². The van der Waals surface area contributed by atoms with E-state index in [1.54, 1.807) is 11.3 Å². The SMILES string of the molecule is O=C1NCCCN1C1CCN(c2nnc(Cc3ccccc3)s2)CC1. The molecule has 2 fully saturated rings. The van der Waals surface area contributed by atoms with Gasteiger partial charge in [0.2, 0.25) is 5.13 Å². The van der Waals surface area contributed by atoms with E-state index in [9.17, 15) is 4.79 Å². The van der Waals surface area contributed by atoms with Gasteiger partial charge in [0.1, 0.15) is 5.01 Å². The number of aromatic nitrogens is 2. The second kappa shape index (κ2) is 7.39. The maximum atomic E-state index is 12.0. The Balaban J connectivity index is 1.34. The van der Waals surface area contributed by atoms with Crippen LogP contribution >= 0.6 is 11.3 Å². The number of hydrogen-bond donors (Lipinski definition) is 1. The normalized spacial score (nSPS) is 19.1. The number of nitrogens with one attached hydrogen (secondary N) is 1. The van der Waals surface area contributed by atoms with Gasteiger partial charge in [0.15, 0.2) is 0 Å². The highest BCUT2D eigenvalue weighted by Gasteiger charge is 2.30. The molecule has 0 spiro atoms. The lowest BCUT2D eigenvalue weighted by atomic mass is 10.0. The molecule has 0 aliphatic carbocycles. The smallest absolute Gasteiger partial charge is 0.317 e. The highest BCUT2D eigenvalue weighted by Crippen LogP contribution is 2.27. The summed E-state index contributed by atoms with van der Waals surface area (Å²) < 4.78 is 0. The number of carbonyl (C=O) groups excluding carboxylic acids is 1. The molecule has 1 N–H and O–H groups in total. The summed E-state index contributed by atoms with van der Waals surface area (Å²) in [5.41, 5.74) is 1.26. The minimum Gasteiger partial charge on any atom is -0.347 e. The molecule has 0 radical (unpaired) electrons. The van der Waals surface area contributed by atoms with Crippen LogP contribution in [0.2, 0.25) is 0 Å². The molecule has 25 heavy (non-hydrogen) atoms. The molecular weight excluding hydrogens is 334 g/mol. The molecule has 0 unspecified atom stereocenters. The number of benzene rings is 1. The second-order valence-electron chi connectivity index (χ2n) is 6.64. The van der Waals surface area contributed by atoms with Crippen molar-refractivity contribution in [2.45, 2.75) is 31.7 Å². The molecule has 3 heterocycles. The number of anilines is 1. The van der Waals surface area contributed by atoms with Crippen LogP contribution in [0.25, 0.3) is 0 Å². The van der Waals surface area contributed by atoms with Crippen molar-refractivity contribution in [3.05, 3.63) is 40.9 Å². The minimum absolute atomic E-state index is 0.103. The highest BCUT2D eigenvalue weighted by atomic mass is 32.1. The predicted molar refractivity (Wildman–Crippen MR) is 99.1 cm³/mol. The fourth-order valence-corrected chi connectivity index (χ4v) is 4.50. The highest BCUT2D eigenvalue weighted by molar-refractivity contribution is 7.15. The number of urea groups is 1. The van der Waals surface area contributed by atoms with E-state index in [1.165, 1.54) is 5.56 Å². The fraction of sp³-hybridized carbons (Fsp3) is 0.500. The van der Waals surface area contributed by atoms with Crippen LogP contribution in [-0.4, -0.2) is 53.3 Å². The molecule has 2 saturated heterocycles. The van der Waals surface area contributed by atoms with Crippen LogP contribution in [0.15, 0.2) is 30.3 Å². The van der Waals surface area contributed by atoms with Gasteiger partial charge in [-0.3, -0.25) is 0 Å². The quantitative estimate of drug-likeness (QED) is 0.913. The summed E-state index contributed by atoms with van der Waals surface area (Å²) in [6.45, 7) is 3.57. The van der Waals surface area contributed by atoms with Gasteiger partial charge in [-0.15, -0.1) is 10.2 Å². The third-order valence-electron chi connectivity index (χ3n) is 4.94. The van der Waals surface area contributed by atoms with Gasteiger partial charge >= 0.3 is 6.03 Å². The Morgan fingerprint density at radius 2 is 1.92 bits per heavy atom. The van der Waals surface area contributed by atoms with E-state index in [2.05, 4.69) is 44.7 Å². The van der Waals surface area contributed by atoms with Crippen LogP contribution in [0, 0.1) is 0 Å². The van der Waals surface area contributed by atoms with Gasteiger partial charge in [0.05, 0.1) is 0 Å². The summed E-state index contributed by atoms with van der Waals surface area (Å²) in [6.07, 6.45) is 3.89. The molecule has 0 atom stereocenters. The van der Waals surface area contributed by atoms with Crippen molar-refractivity contribution in [1.29, 1.82) is 0 Å². The lowest BCUT2D eigenvalue weighted by Crippen LogP contribution is -2.54. The molecule has 2 aliphatic heterocycles. The van der Waals surface area contributed by atoms with Crippen molar-refractivity contribution in [3.8, 4) is 0 Å². The predicted octanol–water partition coefficient (Wildman–Crippen LogP) is 2.51. The molecule has 1 aromatic carbocycles. The summed E-state index contributed by atoms with van der Waals surface area (Å²) in [7, 11) is 0. The first-order chi connectivity index (χ1) is 12.3. The molecule has 2 aromatic rings. The molecule has 4 rings (SSSR count). The lowest BCUT2D eigenvalue weighted by Gasteiger charge is -2.40. The number of piperidine rings is 1. The van der Waals surface area contributed by atoms with Gasteiger partial charge in [-0.1, -0.05) is 41.7 Å². The van der Waals surface area contributed by atoms with Crippen LogP contribution in [0.3, 0.4) is 0 Å². The average molecular weight is 357 g/mol. The molecule has 2 amide bonds. The van der Waals surface area contributed by atoms with Gasteiger partial charge < -0.3 is 15.1 Å². The zero-order valence-corrected chi connectivity index (χ0v) is 15.0. The van der Waals surface area contributed by atoms with Crippen LogP contribution in [-0.2, 0) is 6.42 Å². The fourth-order valence-electron chi connectivity index (χ4n) is 3.58. The minimum atomic E-state index is 0.103. The van der Waals surface area contributed by atoms with Gasteiger partial charge in [-0.2, -0.15) is 0 Å². The van der Waals surface area contributed by atoms with E-state index in [0.717, 1.165) is 62.0 Å². The number of hydrogen-bond acceptors (Lipinski definition) is 5. The van der Waals surface area contributed by atoms with E-state index < -0.39 is 0 Å². The third-order valence-corrected chi connectivity index (χ3v) is 5.93. The number of carbonyl (C=O) groups is 1. The van der Waals surface area contributed by atoms with E-state index in [1.807, 2.05) is 11.0 Å². The van der Waals surface area contributed by atoms with E-state index in [4.69, 9.17) is 0 Å². The number of rotatable bonds is 4. The first-order valence-electron chi connectivity index (χ1n) is 8.95. The Labute approximate surface area is 151 Å². The van der Waals surface area contributed by atoms with Gasteiger partial charge in [0, 0.05) is 38.6 Å². The van der Waals surface area contributed by atoms with E-state index in [-0.39, 0.29) is 6.03 Å². The molecule has 0 saturated carbocycles. The zero-order valence-electron chi connectivity index (χ0n) is 14.2. The largest absolute Gasteiger partial charge is 0.347 e. The summed E-state index contributed by atoms with van der Waals surface area (Å²) in [6, 6.07) is 10.8. The monoisotopic (exact) mass is 357 g/mol. The van der Waals surface area contributed by atoms with Crippen molar-refractivity contribution in [2.75, 3.05) is 31.1 Å².